The first-order chi connectivity index (χ1) is 10.8. The van der Waals surface area contributed by atoms with E-state index in [9.17, 15) is 0 Å². The van der Waals surface area contributed by atoms with Gasteiger partial charge in [0.2, 0.25) is 0 Å². The van der Waals surface area contributed by atoms with Gasteiger partial charge in [-0.15, -0.1) is 0 Å². The molecule has 0 saturated carbocycles. The van der Waals surface area contributed by atoms with E-state index >= 15 is 0 Å². The summed E-state index contributed by atoms with van der Waals surface area (Å²) in [6, 6.07) is 10.1. The lowest BCUT2D eigenvalue weighted by atomic mass is 9.81. The van der Waals surface area contributed by atoms with Crippen molar-refractivity contribution in [3.63, 3.8) is 0 Å². The summed E-state index contributed by atoms with van der Waals surface area (Å²) in [5, 5.41) is 0. The molecule has 1 aromatic carbocycles. The third-order valence-electron chi connectivity index (χ3n) is 4.95. The summed E-state index contributed by atoms with van der Waals surface area (Å²) < 4.78 is 5.79. The first-order valence-corrected chi connectivity index (χ1v) is 9.16. The fourth-order valence-electron chi connectivity index (χ4n) is 3.39. The summed E-state index contributed by atoms with van der Waals surface area (Å²) >= 11 is 0. The van der Waals surface area contributed by atoms with Crippen molar-refractivity contribution in [2.75, 3.05) is 6.61 Å². The molecule has 0 saturated heterocycles. The highest BCUT2D eigenvalue weighted by atomic mass is 16.5. The third-order valence-corrected chi connectivity index (χ3v) is 4.95. The predicted molar refractivity (Wildman–Crippen MR) is 95.3 cm³/mol. The van der Waals surface area contributed by atoms with Crippen molar-refractivity contribution >= 4 is 0 Å². The van der Waals surface area contributed by atoms with E-state index in [0.29, 0.717) is 0 Å². The van der Waals surface area contributed by atoms with Crippen LogP contribution in [0.1, 0.15) is 65.2 Å². The molecular formula is C21H32O. The Kier molecular flexibility index (Phi) is 7.56. The zero-order valence-corrected chi connectivity index (χ0v) is 14.4. The van der Waals surface area contributed by atoms with Crippen LogP contribution in [0.4, 0.5) is 0 Å². The molecule has 1 aromatic rings. The molecule has 1 nitrogen and oxygen atoms in total. The molecule has 2 rings (SSSR count). The van der Waals surface area contributed by atoms with Crippen molar-refractivity contribution < 1.29 is 4.74 Å². The van der Waals surface area contributed by atoms with Gasteiger partial charge in [-0.3, -0.25) is 0 Å². The van der Waals surface area contributed by atoms with Crippen LogP contribution in [-0.2, 0) is 0 Å². The molecule has 0 fully saturated rings. The summed E-state index contributed by atoms with van der Waals surface area (Å²) in [5.41, 5.74) is 1.70. The minimum atomic E-state index is 0.728. The van der Waals surface area contributed by atoms with Crippen LogP contribution in [0.15, 0.2) is 42.0 Å². The summed E-state index contributed by atoms with van der Waals surface area (Å²) in [7, 11) is 0. The minimum Gasteiger partial charge on any atom is -0.494 e. The SMILES string of the molecule is CCCCC1CC=C(C(C)CCCOc2ccccc2)CC1. The van der Waals surface area contributed by atoms with Crippen LogP contribution in [0.2, 0.25) is 0 Å². The van der Waals surface area contributed by atoms with Crippen molar-refractivity contribution in [2.45, 2.75) is 65.2 Å². The maximum absolute atomic E-state index is 5.79. The zero-order valence-electron chi connectivity index (χ0n) is 14.4. The van der Waals surface area contributed by atoms with Crippen LogP contribution >= 0.6 is 0 Å². The van der Waals surface area contributed by atoms with Gasteiger partial charge in [0, 0.05) is 0 Å². The summed E-state index contributed by atoms with van der Waals surface area (Å²) in [6.45, 7) is 5.52. The molecule has 0 heterocycles. The molecule has 1 aliphatic rings. The van der Waals surface area contributed by atoms with Crippen molar-refractivity contribution in [1.82, 2.24) is 0 Å². The molecule has 2 unspecified atom stereocenters. The van der Waals surface area contributed by atoms with E-state index in [1.54, 1.807) is 5.57 Å². The van der Waals surface area contributed by atoms with Crippen LogP contribution in [0.25, 0.3) is 0 Å². The fraction of sp³-hybridized carbons (Fsp3) is 0.619. The number of hydrogen-bond donors (Lipinski definition) is 0. The Morgan fingerprint density at radius 1 is 1.18 bits per heavy atom. The van der Waals surface area contributed by atoms with Gasteiger partial charge in [0.25, 0.3) is 0 Å². The van der Waals surface area contributed by atoms with Gasteiger partial charge in [-0.2, -0.15) is 0 Å². The van der Waals surface area contributed by atoms with E-state index in [2.05, 4.69) is 19.9 Å². The third kappa shape index (κ3) is 5.87. The molecule has 22 heavy (non-hydrogen) atoms. The Labute approximate surface area is 136 Å². The average Bonchev–Trinajstić information content (AvgIpc) is 2.58. The highest BCUT2D eigenvalue weighted by molar-refractivity contribution is 5.20. The molecule has 0 bridgehead atoms. The highest BCUT2D eigenvalue weighted by Gasteiger charge is 2.17. The second-order valence-corrected chi connectivity index (χ2v) is 6.77. The van der Waals surface area contributed by atoms with E-state index in [4.69, 9.17) is 4.74 Å². The molecule has 2 atom stereocenters. The summed E-state index contributed by atoms with van der Waals surface area (Å²) in [6.07, 6.45) is 13.2. The smallest absolute Gasteiger partial charge is 0.119 e. The number of unbranched alkanes of at least 4 members (excludes halogenated alkanes) is 1. The minimum absolute atomic E-state index is 0.728. The van der Waals surface area contributed by atoms with E-state index in [1.807, 2.05) is 30.3 Å². The maximum atomic E-state index is 5.79. The molecule has 0 aliphatic heterocycles. The quantitative estimate of drug-likeness (QED) is 0.379. The number of rotatable bonds is 9. The Morgan fingerprint density at radius 2 is 2.00 bits per heavy atom. The fourth-order valence-corrected chi connectivity index (χ4v) is 3.39. The van der Waals surface area contributed by atoms with E-state index in [1.165, 1.54) is 44.9 Å². The molecule has 122 valence electrons. The van der Waals surface area contributed by atoms with Crippen molar-refractivity contribution in [3.8, 4) is 5.75 Å². The van der Waals surface area contributed by atoms with Crippen molar-refractivity contribution in [1.29, 1.82) is 0 Å². The molecule has 1 heteroatoms. The predicted octanol–water partition coefficient (Wildman–Crippen LogP) is 6.40. The Hall–Kier alpha value is -1.24. The highest BCUT2D eigenvalue weighted by Crippen LogP contribution is 2.32. The maximum Gasteiger partial charge on any atom is 0.119 e. The number of benzene rings is 1. The van der Waals surface area contributed by atoms with E-state index in [-0.39, 0.29) is 0 Å². The molecule has 0 spiro atoms. The average molecular weight is 300 g/mol. The van der Waals surface area contributed by atoms with Crippen molar-refractivity contribution in [3.05, 3.63) is 42.0 Å². The Balaban J connectivity index is 1.63. The van der Waals surface area contributed by atoms with E-state index in [0.717, 1.165) is 30.6 Å². The monoisotopic (exact) mass is 300 g/mol. The second-order valence-electron chi connectivity index (χ2n) is 6.77. The van der Waals surface area contributed by atoms with Crippen LogP contribution < -0.4 is 4.74 Å². The molecule has 0 amide bonds. The summed E-state index contributed by atoms with van der Waals surface area (Å²) in [5.74, 6) is 2.68. The van der Waals surface area contributed by atoms with Crippen LogP contribution in [-0.4, -0.2) is 6.61 Å². The van der Waals surface area contributed by atoms with Crippen molar-refractivity contribution in [2.24, 2.45) is 11.8 Å². The van der Waals surface area contributed by atoms with Crippen LogP contribution in [0, 0.1) is 11.8 Å². The number of allylic oxidation sites excluding steroid dienone is 2. The molecular weight excluding hydrogens is 268 g/mol. The number of ether oxygens (including phenoxy) is 1. The van der Waals surface area contributed by atoms with Gasteiger partial charge in [0.05, 0.1) is 6.61 Å². The Bertz CT molecular complexity index is 434. The zero-order chi connectivity index (χ0) is 15.6. The van der Waals surface area contributed by atoms with E-state index < -0.39 is 0 Å². The lowest BCUT2D eigenvalue weighted by Crippen LogP contribution is -2.11. The van der Waals surface area contributed by atoms with Crippen LogP contribution in [0.3, 0.4) is 0 Å². The van der Waals surface area contributed by atoms with Crippen LogP contribution in [0.5, 0.6) is 5.75 Å². The van der Waals surface area contributed by atoms with Gasteiger partial charge in [-0.25, -0.2) is 0 Å². The first kappa shape index (κ1) is 17.1. The normalized spacial score (nSPS) is 19.5. The number of para-hydroxylation sites is 1. The molecule has 0 N–H and O–H groups in total. The molecule has 0 radical (unpaired) electrons. The Morgan fingerprint density at radius 3 is 2.68 bits per heavy atom. The summed E-state index contributed by atoms with van der Waals surface area (Å²) in [4.78, 5) is 0. The first-order valence-electron chi connectivity index (χ1n) is 9.16. The molecule has 1 aliphatic carbocycles. The standard InChI is InChI=1S/C21H32O/c1-3-4-10-19-13-15-20(16-14-19)18(2)9-8-17-22-21-11-6-5-7-12-21/h5-7,11-12,15,18-19H,3-4,8-10,13-14,16-17H2,1-2H3. The largest absolute Gasteiger partial charge is 0.494 e. The van der Waals surface area contributed by atoms with Gasteiger partial charge >= 0.3 is 0 Å². The van der Waals surface area contributed by atoms with Gasteiger partial charge in [-0.05, 0) is 56.1 Å². The molecule has 0 aromatic heterocycles. The number of hydrogen-bond acceptors (Lipinski definition) is 1. The lowest BCUT2D eigenvalue weighted by Gasteiger charge is -2.25. The van der Waals surface area contributed by atoms with Gasteiger partial charge in [0.15, 0.2) is 0 Å². The van der Waals surface area contributed by atoms with Gasteiger partial charge in [-0.1, -0.05) is 63.0 Å². The second kappa shape index (κ2) is 9.71. The lowest BCUT2D eigenvalue weighted by molar-refractivity contribution is 0.297. The topological polar surface area (TPSA) is 9.23 Å². The van der Waals surface area contributed by atoms with Gasteiger partial charge < -0.3 is 4.74 Å². The van der Waals surface area contributed by atoms with Gasteiger partial charge in [0.1, 0.15) is 5.75 Å².